The van der Waals surface area contributed by atoms with Crippen molar-refractivity contribution in [2.24, 2.45) is 5.92 Å². The van der Waals surface area contributed by atoms with E-state index in [9.17, 15) is 4.79 Å². The molecule has 0 saturated carbocycles. The normalized spacial score (nSPS) is 11.6. The number of hydrogen-bond donors (Lipinski definition) is 2. The fourth-order valence-corrected chi connectivity index (χ4v) is 1.67. The summed E-state index contributed by atoms with van der Waals surface area (Å²) in [4.78, 5) is 20.6. The molecule has 5 nitrogen and oxygen atoms in total. The van der Waals surface area contributed by atoms with Crippen LogP contribution in [0.25, 0.3) is 0 Å². The van der Waals surface area contributed by atoms with Gasteiger partial charge in [0.2, 0.25) is 0 Å². The van der Waals surface area contributed by atoms with Crippen LogP contribution >= 0.6 is 0 Å². The van der Waals surface area contributed by atoms with Crippen molar-refractivity contribution in [3.05, 3.63) is 17.6 Å². The second-order valence-corrected chi connectivity index (χ2v) is 6.50. The van der Waals surface area contributed by atoms with Gasteiger partial charge in [0.1, 0.15) is 17.3 Å². The average Bonchev–Trinajstić information content (AvgIpc) is 2.25. The smallest absolute Gasteiger partial charge is 0.270 e. The lowest BCUT2D eigenvalue weighted by Gasteiger charge is -2.20. The van der Waals surface area contributed by atoms with Crippen LogP contribution in [-0.4, -0.2) is 28.0 Å². The van der Waals surface area contributed by atoms with Crippen molar-refractivity contribution in [2.75, 3.05) is 11.9 Å². The molecular formula is C15H26N4O. The molecule has 0 saturated heterocycles. The predicted molar refractivity (Wildman–Crippen MR) is 81.9 cm³/mol. The number of hydrogen-bond acceptors (Lipinski definition) is 4. The molecule has 0 bridgehead atoms. The van der Waals surface area contributed by atoms with Gasteiger partial charge < -0.3 is 10.6 Å². The van der Waals surface area contributed by atoms with E-state index in [4.69, 9.17) is 0 Å². The van der Waals surface area contributed by atoms with Crippen molar-refractivity contribution in [1.29, 1.82) is 0 Å². The topological polar surface area (TPSA) is 66.9 Å². The van der Waals surface area contributed by atoms with Crippen molar-refractivity contribution < 1.29 is 4.79 Å². The summed E-state index contributed by atoms with van der Waals surface area (Å²) in [6.45, 7) is 12.8. The Morgan fingerprint density at radius 1 is 1.30 bits per heavy atom. The Balaban J connectivity index is 2.78. The molecule has 20 heavy (non-hydrogen) atoms. The Bertz CT molecular complexity index is 463. The second-order valence-electron chi connectivity index (χ2n) is 6.50. The quantitative estimate of drug-likeness (QED) is 0.869. The molecule has 1 aromatic rings. The fraction of sp³-hybridized carbons (Fsp3) is 0.667. The summed E-state index contributed by atoms with van der Waals surface area (Å²) in [5.41, 5.74) is 0.126. The molecule has 1 rings (SSSR count). The summed E-state index contributed by atoms with van der Waals surface area (Å²) in [6, 6.07) is 1.70. The minimum absolute atomic E-state index is 0.171. The molecule has 0 unspecified atom stereocenters. The van der Waals surface area contributed by atoms with Crippen LogP contribution in [0.4, 0.5) is 5.82 Å². The first-order chi connectivity index (χ1) is 9.17. The standard InChI is InChI=1S/C15H26N4O/c1-10(2)7-8-16-13-9-12(17-11(3)18-13)14(20)19-15(4,5)6/h9-10H,7-8H2,1-6H3,(H,19,20)(H,16,17,18). The van der Waals surface area contributed by atoms with E-state index < -0.39 is 0 Å². The predicted octanol–water partition coefficient (Wildman–Crippen LogP) is 2.77. The Morgan fingerprint density at radius 3 is 2.50 bits per heavy atom. The summed E-state index contributed by atoms with van der Waals surface area (Å²) in [6.07, 6.45) is 1.06. The van der Waals surface area contributed by atoms with E-state index in [0.29, 0.717) is 23.3 Å². The zero-order valence-corrected chi connectivity index (χ0v) is 13.4. The van der Waals surface area contributed by atoms with Crippen LogP contribution in [-0.2, 0) is 0 Å². The van der Waals surface area contributed by atoms with Gasteiger partial charge in [-0.25, -0.2) is 9.97 Å². The minimum atomic E-state index is -0.277. The van der Waals surface area contributed by atoms with Gasteiger partial charge in [-0.1, -0.05) is 13.8 Å². The number of aryl methyl sites for hydroxylation is 1. The number of anilines is 1. The fourth-order valence-electron chi connectivity index (χ4n) is 1.67. The Kier molecular flexibility index (Phi) is 5.48. The van der Waals surface area contributed by atoms with Crippen molar-refractivity contribution >= 4 is 11.7 Å². The van der Waals surface area contributed by atoms with E-state index in [2.05, 4.69) is 34.4 Å². The molecule has 0 aliphatic heterocycles. The average molecular weight is 278 g/mol. The molecule has 112 valence electrons. The molecule has 1 amide bonds. The summed E-state index contributed by atoms with van der Waals surface area (Å²) < 4.78 is 0. The molecule has 1 aromatic heterocycles. The Morgan fingerprint density at radius 2 is 1.95 bits per heavy atom. The molecule has 0 aromatic carbocycles. The number of rotatable bonds is 5. The highest BCUT2D eigenvalue weighted by Gasteiger charge is 2.17. The summed E-state index contributed by atoms with van der Waals surface area (Å²) in [5.74, 6) is 1.76. The first-order valence-corrected chi connectivity index (χ1v) is 7.09. The third-order valence-corrected chi connectivity index (χ3v) is 2.59. The summed E-state index contributed by atoms with van der Waals surface area (Å²) in [5, 5.41) is 6.15. The molecule has 0 aliphatic carbocycles. The van der Waals surface area contributed by atoms with Crippen LogP contribution in [0.3, 0.4) is 0 Å². The van der Waals surface area contributed by atoms with Crippen molar-refractivity contribution in [2.45, 2.75) is 53.5 Å². The number of amides is 1. The zero-order valence-electron chi connectivity index (χ0n) is 13.4. The van der Waals surface area contributed by atoms with E-state index in [-0.39, 0.29) is 11.4 Å². The number of nitrogens with zero attached hydrogens (tertiary/aromatic N) is 2. The zero-order chi connectivity index (χ0) is 15.3. The van der Waals surface area contributed by atoms with Crippen LogP contribution in [0.5, 0.6) is 0 Å². The second kappa shape index (κ2) is 6.68. The molecule has 1 heterocycles. The van der Waals surface area contributed by atoms with Gasteiger partial charge in [-0.3, -0.25) is 4.79 Å². The maximum absolute atomic E-state index is 12.1. The maximum atomic E-state index is 12.1. The first-order valence-electron chi connectivity index (χ1n) is 7.09. The molecule has 2 N–H and O–H groups in total. The molecule has 0 fully saturated rings. The SMILES string of the molecule is Cc1nc(NCCC(C)C)cc(C(=O)NC(C)(C)C)n1. The largest absolute Gasteiger partial charge is 0.370 e. The van der Waals surface area contributed by atoms with Crippen LogP contribution in [0.15, 0.2) is 6.07 Å². The maximum Gasteiger partial charge on any atom is 0.270 e. The van der Waals surface area contributed by atoms with Gasteiger partial charge in [-0.05, 0) is 40.0 Å². The van der Waals surface area contributed by atoms with Crippen molar-refractivity contribution in [1.82, 2.24) is 15.3 Å². The van der Waals surface area contributed by atoms with E-state index in [1.807, 2.05) is 20.8 Å². The Labute approximate surface area is 121 Å². The molecule has 5 heteroatoms. The lowest BCUT2D eigenvalue weighted by Crippen LogP contribution is -2.41. The van der Waals surface area contributed by atoms with Gasteiger partial charge in [0.15, 0.2) is 0 Å². The van der Waals surface area contributed by atoms with E-state index in [1.165, 1.54) is 0 Å². The Hall–Kier alpha value is -1.65. The molecule has 0 atom stereocenters. The highest BCUT2D eigenvalue weighted by Crippen LogP contribution is 2.09. The number of carbonyl (C=O) groups is 1. The molecule has 0 aliphatic rings. The van der Waals surface area contributed by atoms with Crippen LogP contribution in [0.1, 0.15) is 57.4 Å². The van der Waals surface area contributed by atoms with Gasteiger partial charge in [0.05, 0.1) is 0 Å². The third kappa shape index (κ3) is 5.99. The molecular weight excluding hydrogens is 252 g/mol. The number of nitrogens with one attached hydrogen (secondary N) is 2. The van der Waals surface area contributed by atoms with Gasteiger partial charge in [0, 0.05) is 18.2 Å². The van der Waals surface area contributed by atoms with Crippen molar-refractivity contribution in [3.63, 3.8) is 0 Å². The monoisotopic (exact) mass is 278 g/mol. The van der Waals surface area contributed by atoms with Gasteiger partial charge in [0.25, 0.3) is 5.91 Å². The third-order valence-electron chi connectivity index (χ3n) is 2.59. The van der Waals surface area contributed by atoms with E-state index in [1.54, 1.807) is 13.0 Å². The molecule has 0 spiro atoms. The van der Waals surface area contributed by atoms with Crippen molar-refractivity contribution in [3.8, 4) is 0 Å². The van der Waals surface area contributed by atoms with E-state index >= 15 is 0 Å². The first kappa shape index (κ1) is 16.4. The van der Waals surface area contributed by atoms with E-state index in [0.717, 1.165) is 13.0 Å². The van der Waals surface area contributed by atoms with Gasteiger partial charge in [-0.15, -0.1) is 0 Å². The van der Waals surface area contributed by atoms with Gasteiger partial charge >= 0.3 is 0 Å². The number of aromatic nitrogens is 2. The van der Waals surface area contributed by atoms with Gasteiger partial charge in [-0.2, -0.15) is 0 Å². The van der Waals surface area contributed by atoms with Crippen LogP contribution in [0.2, 0.25) is 0 Å². The highest BCUT2D eigenvalue weighted by molar-refractivity contribution is 5.93. The number of carbonyl (C=O) groups excluding carboxylic acids is 1. The van der Waals surface area contributed by atoms with Crippen LogP contribution < -0.4 is 10.6 Å². The summed E-state index contributed by atoms with van der Waals surface area (Å²) >= 11 is 0. The summed E-state index contributed by atoms with van der Waals surface area (Å²) in [7, 11) is 0. The highest BCUT2D eigenvalue weighted by atomic mass is 16.2. The lowest BCUT2D eigenvalue weighted by atomic mass is 10.1. The minimum Gasteiger partial charge on any atom is -0.370 e. The van der Waals surface area contributed by atoms with Crippen LogP contribution in [0, 0.1) is 12.8 Å². The lowest BCUT2D eigenvalue weighted by molar-refractivity contribution is 0.0914. The molecule has 0 radical (unpaired) electrons.